The third-order valence-corrected chi connectivity index (χ3v) is 6.05. The molecule has 0 fully saturated rings. The molecular weight excluding hydrogens is 392 g/mol. The Morgan fingerprint density at radius 3 is 2.43 bits per heavy atom. The van der Waals surface area contributed by atoms with E-state index in [-0.39, 0.29) is 0 Å². The maximum atomic E-state index is 5.89. The van der Waals surface area contributed by atoms with Gasteiger partial charge >= 0.3 is 0 Å². The summed E-state index contributed by atoms with van der Waals surface area (Å²) in [4.78, 5) is 5.92. The lowest BCUT2D eigenvalue weighted by atomic mass is 10.1. The number of benzene rings is 2. The van der Waals surface area contributed by atoms with E-state index in [9.17, 15) is 0 Å². The summed E-state index contributed by atoms with van der Waals surface area (Å²) in [5.74, 6) is 1.65. The summed E-state index contributed by atoms with van der Waals surface area (Å²) in [7, 11) is 1.96. The second-order valence-electron chi connectivity index (χ2n) is 7.29. The molecule has 0 spiro atoms. The molecule has 6 heteroatoms. The highest BCUT2D eigenvalue weighted by molar-refractivity contribution is 7.11. The van der Waals surface area contributed by atoms with Gasteiger partial charge in [-0.2, -0.15) is 5.10 Å². The van der Waals surface area contributed by atoms with Gasteiger partial charge in [0, 0.05) is 48.8 Å². The first-order valence-electron chi connectivity index (χ1n) is 10.1. The number of nitrogens with zero attached hydrogens (tertiary/aromatic N) is 3. The molecular formula is C24H26N4OS. The number of thiazole rings is 1. The van der Waals surface area contributed by atoms with E-state index in [2.05, 4.69) is 47.6 Å². The lowest BCUT2D eigenvalue weighted by molar-refractivity contribution is 0.483. The lowest BCUT2D eigenvalue weighted by Gasteiger charge is -2.07. The molecule has 0 amide bonds. The summed E-state index contributed by atoms with van der Waals surface area (Å²) in [6, 6.07) is 17.9. The molecule has 0 aliphatic heterocycles. The topological polar surface area (TPSA) is 52.0 Å². The van der Waals surface area contributed by atoms with Crippen LogP contribution in [0.2, 0.25) is 0 Å². The van der Waals surface area contributed by atoms with Crippen molar-refractivity contribution in [3.63, 3.8) is 0 Å². The van der Waals surface area contributed by atoms with Crippen molar-refractivity contribution in [2.75, 3.05) is 6.54 Å². The van der Waals surface area contributed by atoms with Gasteiger partial charge in [0.15, 0.2) is 0 Å². The van der Waals surface area contributed by atoms with Gasteiger partial charge in [-0.25, -0.2) is 4.98 Å². The summed E-state index contributed by atoms with van der Waals surface area (Å²) >= 11 is 1.79. The number of hydrogen-bond acceptors (Lipinski definition) is 5. The Bertz CT molecular complexity index is 1080. The number of rotatable bonds is 8. The van der Waals surface area contributed by atoms with E-state index in [0.29, 0.717) is 0 Å². The van der Waals surface area contributed by atoms with Crippen molar-refractivity contribution in [2.24, 2.45) is 7.05 Å². The van der Waals surface area contributed by atoms with Crippen LogP contribution in [0.3, 0.4) is 0 Å². The normalized spacial score (nSPS) is 11.0. The molecule has 5 nitrogen and oxygen atoms in total. The van der Waals surface area contributed by atoms with Crippen LogP contribution in [0.1, 0.15) is 21.1 Å². The summed E-state index contributed by atoms with van der Waals surface area (Å²) in [5.41, 5.74) is 4.40. The van der Waals surface area contributed by atoms with Crippen LogP contribution in [-0.2, 0) is 20.0 Å². The van der Waals surface area contributed by atoms with E-state index < -0.39 is 0 Å². The van der Waals surface area contributed by atoms with Crippen molar-refractivity contribution in [3.05, 3.63) is 81.9 Å². The quantitative estimate of drug-likeness (QED) is 0.395. The van der Waals surface area contributed by atoms with E-state index in [4.69, 9.17) is 4.74 Å². The van der Waals surface area contributed by atoms with Gasteiger partial charge in [-0.05, 0) is 50.2 Å². The van der Waals surface area contributed by atoms with Crippen LogP contribution >= 0.6 is 11.3 Å². The lowest BCUT2D eigenvalue weighted by Crippen LogP contribution is -2.16. The predicted octanol–water partition coefficient (Wildman–Crippen LogP) is 5.29. The van der Waals surface area contributed by atoms with Crippen LogP contribution in [0, 0.1) is 13.8 Å². The fourth-order valence-electron chi connectivity index (χ4n) is 3.28. The minimum Gasteiger partial charge on any atom is -0.457 e. The number of aryl methyl sites for hydroxylation is 3. The van der Waals surface area contributed by atoms with Gasteiger partial charge in [-0.15, -0.1) is 11.3 Å². The van der Waals surface area contributed by atoms with Crippen molar-refractivity contribution >= 4 is 11.3 Å². The molecule has 0 atom stereocenters. The van der Waals surface area contributed by atoms with E-state index in [1.807, 2.05) is 54.2 Å². The van der Waals surface area contributed by atoms with Gasteiger partial charge in [0.2, 0.25) is 0 Å². The predicted molar refractivity (Wildman–Crippen MR) is 122 cm³/mol. The van der Waals surface area contributed by atoms with Crippen LogP contribution in [0.25, 0.3) is 11.3 Å². The van der Waals surface area contributed by atoms with E-state index in [0.717, 1.165) is 48.0 Å². The first-order valence-corrected chi connectivity index (χ1v) is 10.9. The zero-order valence-corrected chi connectivity index (χ0v) is 18.4. The first kappa shape index (κ1) is 20.3. The molecule has 2 aromatic heterocycles. The third kappa shape index (κ3) is 4.96. The minimum atomic E-state index is 0.773. The number of para-hydroxylation sites is 1. The monoisotopic (exact) mass is 418 g/mol. The number of hydrogen-bond donors (Lipinski definition) is 1. The first-order chi connectivity index (χ1) is 14.6. The second-order valence-corrected chi connectivity index (χ2v) is 8.58. The summed E-state index contributed by atoms with van der Waals surface area (Å²) in [5, 5.41) is 9.40. The third-order valence-electron chi connectivity index (χ3n) is 4.92. The summed E-state index contributed by atoms with van der Waals surface area (Å²) in [6.45, 7) is 5.86. The average Bonchev–Trinajstić information content (AvgIpc) is 3.28. The number of nitrogens with one attached hydrogen (secondary N) is 1. The molecule has 1 N–H and O–H groups in total. The second kappa shape index (κ2) is 9.24. The molecule has 0 saturated heterocycles. The molecule has 2 aromatic carbocycles. The zero-order valence-electron chi connectivity index (χ0n) is 17.6. The van der Waals surface area contributed by atoms with Crippen LogP contribution in [0.15, 0.2) is 60.8 Å². The average molecular weight is 419 g/mol. The molecule has 0 aliphatic carbocycles. The van der Waals surface area contributed by atoms with Crippen molar-refractivity contribution in [1.82, 2.24) is 20.1 Å². The molecule has 0 radical (unpaired) electrons. The molecule has 154 valence electrons. The highest BCUT2D eigenvalue weighted by atomic mass is 32.1. The Labute approximate surface area is 181 Å². The Morgan fingerprint density at radius 1 is 1.00 bits per heavy atom. The Hall–Kier alpha value is -2.96. The highest BCUT2D eigenvalue weighted by Crippen LogP contribution is 2.27. The van der Waals surface area contributed by atoms with E-state index >= 15 is 0 Å². The Kier molecular flexibility index (Phi) is 6.26. The summed E-state index contributed by atoms with van der Waals surface area (Å²) < 4.78 is 7.76. The van der Waals surface area contributed by atoms with E-state index in [1.165, 1.54) is 15.4 Å². The van der Waals surface area contributed by atoms with Crippen molar-refractivity contribution in [1.29, 1.82) is 0 Å². The molecule has 2 heterocycles. The molecule has 4 rings (SSSR count). The van der Waals surface area contributed by atoms with Gasteiger partial charge in [0.1, 0.15) is 11.5 Å². The van der Waals surface area contributed by atoms with E-state index in [1.54, 1.807) is 11.3 Å². The van der Waals surface area contributed by atoms with Crippen molar-refractivity contribution in [2.45, 2.75) is 26.8 Å². The fourth-order valence-corrected chi connectivity index (χ4v) is 4.21. The van der Waals surface area contributed by atoms with Gasteiger partial charge in [-0.1, -0.05) is 18.2 Å². The maximum absolute atomic E-state index is 5.89. The van der Waals surface area contributed by atoms with Gasteiger partial charge < -0.3 is 10.1 Å². The van der Waals surface area contributed by atoms with Gasteiger partial charge in [0.05, 0.1) is 16.4 Å². The molecule has 0 unspecified atom stereocenters. The van der Waals surface area contributed by atoms with Crippen LogP contribution < -0.4 is 10.1 Å². The summed E-state index contributed by atoms with van der Waals surface area (Å²) in [6.07, 6.45) is 3.02. The number of ether oxygens (including phenoxy) is 1. The zero-order chi connectivity index (χ0) is 20.9. The maximum Gasteiger partial charge on any atom is 0.127 e. The Balaban J connectivity index is 1.38. The SMILES string of the molecule is Cc1nc(CCNCc2cn(C)nc2-c2ccc(Oc3ccccc3)cc2)sc1C. The van der Waals surface area contributed by atoms with Crippen LogP contribution in [0.4, 0.5) is 0 Å². The van der Waals surface area contributed by atoms with Crippen LogP contribution in [0.5, 0.6) is 11.5 Å². The van der Waals surface area contributed by atoms with Gasteiger partial charge in [0.25, 0.3) is 0 Å². The molecule has 0 aliphatic rings. The largest absolute Gasteiger partial charge is 0.457 e. The smallest absolute Gasteiger partial charge is 0.127 e. The standard InChI is InChI=1S/C24H26N4OS/c1-17-18(2)30-23(26-17)13-14-25-15-20-16-28(3)27-24(20)19-9-11-22(12-10-19)29-21-7-5-4-6-8-21/h4-12,16,25H,13-15H2,1-3H3. The van der Waals surface area contributed by atoms with Crippen LogP contribution in [-0.4, -0.2) is 21.3 Å². The minimum absolute atomic E-state index is 0.773. The molecule has 4 aromatic rings. The van der Waals surface area contributed by atoms with Gasteiger partial charge in [-0.3, -0.25) is 4.68 Å². The molecule has 0 saturated carbocycles. The molecule has 30 heavy (non-hydrogen) atoms. The molecule has 0 bridgehead atoms. The number of aromatic nitrogens is 3. The van der Waals surface area contributed by atoms with Crippen molar-refractivity contribution < 1.29 is 4.74 Å². The van der Waals surface area contributed by atoms with Crippen molar-refractivity contribution in [3.8, 4) is 22.8 Å². The highest BCUT2D eigenvalue weighted by Gasteiger charge is 2.11. The Morgan fingerprint density at radius 2 is 1.73 bits per heavy atom. The fraction of sp³-hybridized carbons (Fsp3) is 0.250.